The molecule has 5 nitrogen and oxygen atoms in total. The number of carbonyl (C=O) groups excluding carboxylic acids is 1. The van der Waals surface area contributed by atoms with Gasteiger partial charge in [0.2, 0.25) is 0 Å². The molecule has 2 N–H and O–H groups in total. The zero-order valence-corrected chi connectivity index (χ0v) is 13.5. The summed E-state index contributed by atoms with van der Waals surface area (Å²) in [7, 11) is 0. The lowest BCUT2D eigenvalue weighted by molar-refractivity contribution is -0.0421. The summed E-state index contributed by atoms with van der Waals surface area (Å²) in [6, 6.07) is -0.178. The molecule has 0 bridgehead atoms. The summed E-state index contributed by atoms with van der Waals surface area (Å²) in [6.07, 6.45) is 1.86. The summed E-state index contributed by atoms with van der Waals surface area (Å²) in [4.78, 5) is 14.0. The van der Waals surface area contributed by atoms with E-state index in [0.717, 1.165) is 12.8 Å². The van der Waals surface area contributed by atoms with Gasteiger partial charge in [0.15, 0.2) is 0 Å². The molecule has 5 heteroatoms. The van der Waals surface area contributed by atoms with Gasteiger partial charge in [-0.1, -0.05) is 20.3 Å². The first kappa shape index (κ1) is 17.2. The number of hydrogen-bond donors (Lipinski definition) is 1. The third-order valence-electron chi connectivity index (χ3n) is 3.64. The highest BCUT2D eigenvalue weighted by Crippen LogP contribution is 2.21. The molecule has 0 aromatic heterocycles. The highest BCUT2D eigenvalue weighted by Gasteiger charge is 2.36. The molecule has 118 valence electrons. The number of carbonyl (C=O) groups is 1. The number of amides is 1. The maximum absolute atomic E-state index is 12.3. The van der Waals surface area contributed by atoms with E-state index in [0.29, 0.717) is 25.7 Å². The molecule has 1 rings (SSSR count). The van der Waals surface area contributed by atoms with Crippen molar-refractivity contribution in [1.82, 2.24) is 4.90 Å². The second-order valence-corrected chi connectivity index (χ2v) is 6.66. The Balaban J connectivity index is 2.73. The molecule has 20 heavy (non-hydrogen) atoms. The molecule has 1 fully saturated rings. The van der Waals surface area contributed by atoms with Crippen LogP contribution in [0.25, 0.3) is 0 Å². The molecule has 1 heterocycles. The van der Waals surface area contributed by atoms with E-state index in [4.69, 9.17) is 15.2 Å². The fourth-order valence-corrected chi connectivity index (χ4v) is 2.52. The van der Waals surface area contributed by atoms with E-state index in [1.54, 1.807) is 4.90 Å². The highest BCUT2D eigenvalue weighted by molar-refractivity contribution is 5.68. The van der Waals surface area contributed by atoms with Crippen LogP contribution in [-0.4, -0.2) is 48.4 Å². The van der Waals surface area contributed by atoms with E-state index in [1.807, 2.05) is 20.8 Å². The number of nitrogens with two attached hydrogens (primary N) is 1. The zero-order chi connectivity index (χ0) is 15.3. The van der Waals surface area contributed by atoms with Crippen molar-refractivity contribution < 1.29 is 14.3 Å². The number of hydrogen-bond acceptors (Lipinski definition) is 4. The lowest BCUT2D eigenvalue weighted by atomic mass is 9.91. The van der Waals surface area contributed by atoms with Gasteiger partial charge in [-0.2, -0.15) is 0 Å². The first-order valence-corrected chi connectivity index (χ1v) is 7.59. The lowest BCUT2D eigenvalue weighted by Crippen LogP contribution is -2.59. The second-order valence-electron chi connectivity index (χ2n) is 6.66. The molecule has 0 aromatic carbocycles. The van der Waals surface area contributed by atoms with Crippen molar-refractivity contribution in [3.05, 3.63) is 0 Å². The lowest BCUT2D eigenvalue weighted by Gasteiger charge is -2.41. The van der Waals surface area contributed by atoms with Crippen molar-refractivity contribution in [3.8, 4) is 0 Å². The highest BCUT2D eigenvalue weighted by atomic mass is 16.6. The largest absolute Gasteiger partial charge is 0.444 e. The SMILES string of the molecule is CCCC(C)C(N)C1COCCN1C(=O)OC(C)(C)C. The number of ether oxygens (including phenoxy) is 2. The van der Waals surface area contributed by atoms with Crippen LogP contribution < -0.4 is 5.73 Å². The Hall–Kier alpha value is -0.810. The monoisotopic (exact) mass is 286 g/mol. The standard InChI is InChI=1S/C15H30N2O3/c1-6-7-11(2)13(16)12-10-19-9-8-17(12)14(18)20-15(3,4)5/h11-13H,6-10,16H2,1-5H3. The van der Waals surface area contributed by atoms with Crippen molar-refractivity contribution in [2.75, 3.05) is 19.8 Å². The summed E-state index contributed by atoms with van der Waals surface area (Å²) < 4.78 is 11.0. The van der Waals surface area contributed by atoms with Gasteiger partial charge in [-0.15, -0.1) is 0 Å². The molecule has 0 radical (unpaired) electrons. The average molecular weight is 286 g/mol. The topological polar surface area (TPSA) is 64.8 Å². The van der Waals surface area contributed by atoms with E-state index in [9.17, 15) is 4.79 Å². The van der Waals surface area contributed by atoms with Gasteiger partial charge in [-0.25, -0.2) is 4.79 Å². The van der Waals surface area contributed by atoms with Crippen molar-refractivity contribution >= 4 is 6.09 Å². The van der Waals surface area contributed by atoms with Gasteiger partial charge in [0, 0.05) is 12.6 Å². The van der Waals surface area contributed by atoms with E-state index in [2.05, 4.69) is 13.8 Å². The molecule has 0 spiro atoms. The van der Waals surface area contributed by atoms with Gasteiger partial charge in [0.1, 0.15) is 5.60 Å². The number of morpholine rings is 1. The van der Waals surface area contributed by atoms with Gasteiger partial charge >= 0.3 is 6.09 Å². The van der Waals surface area contributed by atoms with Crippen LogP contribution in [0, 0.1) is 5.92 Å². The Labute approximate surface area is 122 Å². The van der Waals surface area contributed by atoms with Gasteiger partial charge in [0.25, 0.3) is 0 Å². The Morgan fingerprint density at radius 2 is 2.15 bits per heavy atom. The molecule has 1 aliphatic heterocycles. The molecular formula is C15H30N2O3. The summed E-state index contributed by atoms with van der Waals surface area (Å²) >= 11 is 0. The average Bonchev–Trinajstić information content (AvgIpc) is 2.36. The van der Waals surface area contributed by atoms with Crippen LogP contribution in [-0.2, 0) is 9.47 Å². The van der Waals surface area contributed by atoms with Crippen LogP contribution in [0.4, 0.5) is 4.79 Å². The van der Waals surface area contributed by atoms with Crippen molar-refractivity contribution in [2.45, 2.75) is 65.1 Å². The fourth-order valence-electron chi connectivity index (χ4n) is 2.52. The minimum absolute atomic E-state index is 0.0808. The first-order valence-electron chi connectivity index (χ1n) is 7.59. The molecule has 0 aromatic rings. The van der Waals surface area contributed by atoms with Crippen LogP contribution in [0.2, 0.25) is 0 Å². The van der Waals surface area contributed by atoms with E-state index in [-0.39, 0.29) is 18.2 Å². The Bertz CT molecular complexity index is 315. The maximum atomic E-state index is 12.3. The van der Waals surface area contributed by atoms with Gasteiger partial charge in [-0.05, 0) is 33.1 Å². The summed E-state index contributed by atoms with van der Waals surface area (Å²) in [5.41, 5.74) is 5.85. The molecule has 3 atom stereocenters. The van der Waals surface area contributed by atoms with Gasteiger partial charge in [0.05, 0.1) is 19.3 Å². The first-order chi connectivity index (χ1) is 9.26. The van der Waals surface area contributed by atoms with Crippen LogP contribution >= 0.6 is 0 Å². The summed E-state index contributed by atoms with van der Waals surface area (Å²) in [5.74, 6) is 0.358. The Morgan fingerprint density at radius 3 is 2.70 bits per heavy atom. The van der Waals surface area contributed by atoms with Crippen LogP contribution in [0.3, 0.4) is 0 Å². The summed E-state index contributed by atoms with van der Waals surface area (Å²) in [6.45, 7) is 11.5. The normalized spacial score (nSPS) is 23.3. The minimum atomic E-state index is -0.487. The molecule has 1 aliphatic rings. The Kier molecular flexibility index (Phi) is 6.27. The van der Waals surface area contributed by atoms with Crippen LogP contribution in [0.5, 0.6) is 0 Å². The summed E-state index contributed by atoms with van der Waals surface area (Å²) in [5, 5.41) is 0. The zero-order valence-electron chi connectivity index (χ0n) is 13.5. The van der Waals surface area contributed by atoms with Crippen LogP contribution in [0.15, 0.2) is 0 Å². The molecule has 1 amide bonds. The van der Waals surface area contributed by atoms with Crippen molar-refractivity contribution in [2.24, 2.45) is 11.7 Å². The van der Waals surface area contributed by atoms with Gasteiger partial charge < -0.3 is 15.2 Å². The molecule has 3 unspecified atom stereocenters. The number of nitrogens with zero attached hydrogens (tertiary/aromatic N) is 1. The predicted molar refractivity (Wildman–Crippen MR) is 79.6 cm³/mol. The van der Waals surface area contributed by atoms with Crippen molar-refractivity contribution in [1.29, 1.82) is 0 Å². The van der Waals surface area contributed by atoms with E-state index >= 15 is 0 Å². The van der Waals surface area contributed by atoms with Gasteiger partial charge in [-0.3, -0.25) is 4.90 Å². The Morgan fingerprint density at radius 1 is 1.50 bits per heavy atom. The smallest absolute Gasteiger partial charge is 0.410 e. The molecule has 0 aliphatic carbocycles. The second kappa shape index (κ2) is 7.27. The predicted octanol–water partition coefficient (Wildman–Crippen LogP) is 2.39. The minimum Gasteiger partial charge on any atom is -0.444 e. The quantitative estimate of drug-likeness (QED) is 0.862. The van der Waals surface area contributed by atoms with Crippen molar-refractivity contribution in [3.63, 3.8) is 0 Å². The molecule has 1 saturated heterocycles. The molecule has 0 saturated carbocycles. The number of rotatable bonds is 4. The fraction of sp³-hybridized carbons (Fsp3) is 0.933. The molecular weight excluding hydrogens is 256 g/mol. The van der Waals surface area contributed by atoms with E-state index in [1.165, 1.54) is 0 Å². The van der Waals surface area contributed by atoms with E-state index < -0.39 is 5.60 Å². The van der Waals surface area contributed by atoms with Crippen LogP contribution in [0.1, 0.15) is 47.5 Å². The maximum Gasteiger partial charge on any atom is 0.410 e. The third kappa shape index (κ3) is 4.94. The third-order valence-corrected chi connectivity index (χ3v) is 3.64.